The molecule has 0 spiro atoms. The number of hydrogen-bond donors (Lipinski definition) is 2. The number of aliphatic imine (C=N–C) groups is 1. The molecule has 4 heterocycles. The molecule has 0 atom stereocenters. The van der Waals surface area contributed by atoms with Crippen LogP contribution in [0.25, 0.3) is 17.5 Å². The lowest BCUT2D eigenvalue weighted by atomic mass is 10.2. The van der Waals surface area contributed by atoms with Crippen LogP contribution in [0.4, 0.5) is 0 Å². The van der Waals surface area contributed by atoms with Gasteiger partial charge in [0.15, 0.2) is 0 Å². The Morgan fingerprint density at radius 3 is 2.75 bits per heavy atom. The van der Waals surface area contributed by atoms with Crippen molar-refractivity contribution in [2.75, 3.05) is 7.11 Å². The van der Waals surface area contributed by atoms with Crippen molar-refractivity contribution < 1.29 is 9.15 Å². The molecule has 2 N–H and O–H groups in total. The number of aryl methyl sites for hydroxylation is 1. The largest absolute Gasteiger partial charge is 0.494 e. The topological polar surface area (TPSA) is 66.3 Å². The zero-order valence-corrected chi connectivity index (χ0v) is 13.5. The number of hydrogen-bond acceptors (Lipinski definition) is 3. The van der Waals surface area contributed by atoms with E-state index in [9.17, 15) is 0 Å². The molecule has 0 fully saturated rings. The molecule has 0 amide bonds. The Bertz CT molecular complexity index is 953. The van der Waals surface area contributed by atoms with Crippen LogP contribution in [0, 0.1) is 6.92 Å². The van der Waals surface area contributed by atoms with Gasteiger partial charge in [-0.3, -0.25) is 0 Å². The number of furan rings is 1. The van der Waals surface area contributed by atoms with Crippen molar-refractivity contribution in [2.24, 2.45) is 4.99 Å². The highest BCUT2D eigenvalue weighted by atomic mass is 16.5. The van der Waals surface area contributed by atoms with Crippen molar-refractivity contribution in [1.29, 1.82) is 0 Å². The first-order valence-corrected chi connectivity index (χ1v) is 7.69. The summed E-state index contributed by atoms with van der Waals surface area (Å²) in [4.78, 5) is 11.1. The number of methoxy groups -OCH3 is 1. The van der Waals surface area contributed by atoms with Crippen molar-refractivity contribution in [3.05, 3.63) is 77.3 Å². The summed E-state index contributed by atoms with van der Waals surface area (Å²) in [6.45, 7) is 1.93. The quantitative estimate of drug-likeness (QED) is 0.753. The van der Waals surface area contributed by atoms with Crippen LogP contribution in [0.5, 0.6) is 0 Å². The first kappa shape index (κ1) is 14.4. The number of rotatable bonds is 4. The molecule has 120 valence electrons. The minimum atomic E-state index is 0.740. The van der Waals surface area contributed by atoms with Gasteiger partial charge in [-0.15, -0.1) is 0 Å². The highest BCUT2D eigenvalue weighted by Gasteiger charge is 2.17. The van der Waals surface area contributed by atoms with Crippen LogP contribution in [-0.4, -0.2) is 22.8 Å². The lowest BCUT2D eigenvalue weighted by Crippen LogP contribution is -1.93. The third-order valence-corrected chi connectivity index (χ3v) is 3.86. The van der Waals surface area contributed by atoms with Crippen LogP contribution < -0.4 is 0 Å². The Morgan fingerprint density at radius 2 is 2.04 bits per heavy atom. The summed E-state index contributed by atoms with van der Waals surface area (Å²) >= 11 is 0. The Kier molecular flexibility index (Phi) is 3.46. The predicted octanol–water partition coefficient (Wildman–Crippen LogP) is 4.29. The van der Waals surface area contributed by atoms with Crippen LogP contribution in [0.3, 0.4) is 0 Å². The predicted molar refractivity (Wildman–Crippen MR) is 93.6 cm³/mol. The molecule has 0 aromatic carbocycles. The zero-order chi connectivity index (χ0) is 16.5. The minimum Gasteiger partial charge on any atom is -0.494 e. The first-order valence-electron chi connectivity index (χ1n) is 7.69. The van der Waals surface area contributed by atoms with E-state index in [0.29, 0.717) is 0 Å². The zero-order valence-electron chi connectivity index (χ0n) is 13.5. The van der Waals surface area contributed by atoms with Crippen molar-refractivity contribution >= 4 is 11.8 Å². The Balaban J connectivity index is 1.65. The number of aromatic amines is 2. The number of ether oxygens (including phenoxy) is 1. The monoisotopic (exact) mass is 319 g/mol. The second-order valence-corrected chi connectivity index (χ2v) is 5.56. The van der Waals surface area contributed by atoms with E-state index in [2.05, 4.69) is 15.0 Å². The lowest BCUT2D eigenvalue weighted by molar-refractivity contribution is 0.303. The van der Waals surface area contributed by atoms with E-state index in [1.165, 1.54) is 0 Å². The summed E-state index contributed by atoms with van der Waals surface area (Å²) in [7, 11) is 1.65. The molecule has 3 aromatic rings. The van der Waals surface area contributed by atoms with Gasteiger partial charge in [0.1, 0.15) is 23.0 Å². The number of aromatic nitrogens is 2. The smallest absolute Gasteiger partial charge is 0.150 e. The summed E-state index contributed by atoms with van der Waals surface area (Å²) in [5.41, 5.74) is 4.48. The molecule has 24 heavy (non-hydrogen) atoms. The fourth-order valence-corrected chi connectivity index (χ4v) is 2.68. The standard InChI is InChI=1S/C19H17N3O2/c1-12-5-8-18(24-12)15-7-6-13(21-15)10-17-19(23-2)11-16(22-17)14-4-3-9-20-14/h3-11,20-21H,1-2H3/b17-10+. The van der Waals surface area contributed by atoms with Gasteiger partial charge in [-0.25, -0.2) is 4.99 Å². The highest BCUT2D eigenvalue weighted by molar-refractivity contribution is 6.11. The molecule has 5 heteroatoms. The molecule has 1 aliphatic rings. The maximum atomic E-state index is 5.64. The normalized spacial score (nSPS) is 15.7. The van der Waals surface area contributed by atoms with Crippen LogP contribution in [0.2, 0.25) is 0 Å². The number of nitrogens with one attached hydrogen (secondary N) is 2. The van der Waals surface area contributed by atoms with Gasteiger partial charge >= 0.3 is 0 Å². The van der Waals surface area contributed by atoms with E-state index in [1.54, 1.807) is 7.11 Å². The summed E-state index contributed by atoms with van der Waals surface area (Å²) < 4.78 is 11.1. The average molecular weight is 319 g/mol. The minimum absolute atomic E-state index is 0.740. The van der Waals surface area contributed by atoms with E-state index in [1.807, 2.05) is 61.7 Å². The molecule has 0 saturated carbocycles. The third kappa shape index (κ3) is 2.60. The second kappa shape index (κ2) is 5.77. The van der Waals surface area contributed by atoms with Gasteiger partial charge in [0, 0.05) is 18.0 Å². The second-order valence-electron chi connectivity index (χ2n) is 5.56. The summed E-state index contributed by atoms with van der Waals surface area (Å²) in [6.07, 6.45) is 5.77. The van der Waals surface area contributed by atoms with Crippen molar-refractivity contribution in [3.63, 3.8) is 0 Å². The van der Waals surface area contributed by atoms with Crippen molar-refractivity contribution in [2.45, 2.75) is 6.92 Å². The van der Waals surface area contributed by atoms with E-state index >= 15 is 0 Å². The maximum absolute atomic E-state index is 5.64. The van der Waals surface area contributed by atoms with E-state index < -0.39 is 0 Å². The van der Waals surface area contributed by atoms with Crippen LogP contribution in [0.1, 0.15) is 17.1 Å². The average Bonchev–Trinajstić information content (AvgIpc) is 3.34. The van der Waals surface area contributed by atoms with Gasteiger partial charge in [-0.05, 0) is 49.4 Å². The maximum Gasteiger partial charge on any atom is 0.150 e. The highest BCUT2D eigenvalue weighted by Crippen LogP contribution is 2.26. The number of allylic oxidation sites excluding steroid dienone is 1. The van der Waals surface area contributed by atoms with Gasteiger partial charge in [0.2, 0.25) is 0 Å². The van der Waals surface area contributed by atoms with Crippen molar-refractivity contribution in [1.82, 2.24) is 9.97 Å². The fraction of sp³-hybridized carbons (Fsp3) is 0.105. The van der Waals surface area contributed by atoms with Crippen LogP contribution in [-0.2, 0) is 4.74 Å². The van der Waals surface area contributed by atoms with Gasteiger partial charge < -0.3 is 19.1 Å². The summed E-state index contributed by atoms with van der Waals surface area (Å²) in [5.74, 6) is 2.45. The van der Waals surface area contributed by atoms with Gasteiger partial charge in [-0.1, -0.05) is 0 Å². The summed E-state index contributed by atoms with van der Waals surface area (Å²) in [6, 6.07) is 11.8. The molecule has 1 aliphatic heterocycles. The van der Waals surface area contributed by atoms with Gasteiger partial charge in [-0.2, -0.15) is 0 Å². The van der Waals surface area contributed by atoms with E-state index in [-0.39, 0.29) is 0 Å². The van der Waals surface area contributed by atoms with Crippen molar-refractivity contribution in [3.8, 4) is 11.5 Å². The Labute approximate surface area is 139 Å². The molecule has 3 aromatic heterocycles. The lowest BCUT2D eigenvalue weighted by Gasteiger charge is -2.00. The Hall–Kier alpha value is -3.21. The number of nitrogens with zero attached hydrogens (tertiary/aromatic N) is 1. The molecule has 0 aliphatic carbocycles. The molecular weight excluding hydrogens is 302 g/mol. The van der Waals surface area contributed by atoms with E-state index in [0.717, 1.165) is 45.8 Å². The van der Waals surface area contributed by atoms with E-state index in [4.69, 9.17) is 9.15 Å². The number of H-pyrrole nitrogens is 2. The molecule has 0 saturated heterocycles. The van der Waals surface area contributed by atoms with Gasteiger partial charge in [0.25, 0.3) is 0 Å². The third-order valence-electron chi connectivity index (χ3n) is 3.86. The molecule has 0 unspecified atom stereocenters. The van der Waals surface area contributed by atoms with Crippen LogP contribution in [0.15, 0.2) is 69.5 Å². The summed E-state index contributed by atoms with van der Waals surface area (Å²) in [5, 5.41) is 0. The molecule has 0 radical (unpaired) electrons. The van der Waals surface area contributed by atoms with Gasteiger partial charge in [0.05, 0.1) is 24.2 Å². The molecule has 5 nitrogen and oxygen atoms in total. The van der Waals surface area contributed by atoms with Crippen LogP contribution >= 0.6 is 0 Å². The first-order chi connectivity index (χ1) is 11.7. The SMILES string of the molecule is COC1=CC(c2ccc[nH]2)=N/C1=C/c1ccc(-c2ccc(C)o2)[nH]1. The Morgan fingerprint density at radius 1 is 1.12 bits per heavy atom. The molecular formula is C19H17N3O2. The molecule has 4 rings (SSSR count). The molecule has 0 bridgehead atoms. The fourth-order valence-electron chi connectivity index (χ4n) is 2.68.